The van der Waals surface area contributed by atoms with E-state index in [0.29, 0.717) is 23.4 Å². The largest absolute Gasteiger partial charge is 0.416 e. The van der Waals surface area contributed by atoms with Gasteiger partial charge in [0.25, 0.3) is 0 Å². The van der Waals surface area contributed by atoms with E-state index in [0.717, 1.165) is 12.1 Å². The van der Waals surface area contributed by atoms with Crippen molar-refractivity contribution in [1.82, 2.24) is 24.9 Å². The third-order valence-corrected chi connectivity index (χ3v) is 5.40. The average molecular weight is 459 g/mol. The van der Waals surface area contributed by atoms with Crippen LogP contribution in [0.2, 0.25) is 0 Å². The van der Waals surface area contributed by atoms with Gasteiger partial charge in [-0.05, 0) is 29.8 Å². The molecule has 11 heteroatoms. The van der Waals surface area contributed by atoms with Crippen LogP contribution in [-0.4, -0.2) is 50.0 Å². The number of benzene rings is 1. The second-order valence-electron chi connectivity index (χ2n) is 7.58. The Morgan fingerprint density at radius 1 is 1.21 bits per heavy atom. The predicted molar refractivity (Wildman–Crippen MR) is 112 cm³/mol. The number of halogens is 3. The maximum atomic E-state index is 12.8. The third-order valence-electron chi connectivity index (χ3n) is 5.40. The summed E-state index contributed by atoms with van der Waals surface area (Å²) in [5.41, 5.74) is 0.798. The number of amides is 1. The summed E-state index contributed by atoms with van der Waals surface area (Å²) in [6.07, 6.45) is -0.451. The third kappa shape index (κ3) is 5.03. The molecule has 1 N–H and O–H groups in total. The molecule has 1 amide bonds. The van der Waals surface area contributed by atoms with Crippen LogP contribution in [0, 0.1) is 0 Å². The first-order valence-corrected chi connectivity index (χ1v) is 10.0. The van der Waals surface area contributed by atoms with Crippen molar-refractivity contribution in [2.75, 3.05) is 13.1 Å². The summed E-state index contributed by atoms with van der Waals surface area (Å²) in [7, 11) is 0. The summed E-state index contributed by atoms with van der Waals surface area (Å²) in [4.78, 5) is 27.6. The van der Waals surface area contributed by atoms with E-state index in [-0.39, 0.29) is 30.7 Å². The quantitative estimate of drug-likeness (QED) is 0.573. The number of hydrogen-bond acceptors (Lipinski definition) is 5. The van der Waals surface area contributed by atoms with Gasteiger partial charge in [-0.25, -0.2) is 4.68 Å². The molecule has 1 aliphatic rings. The summed E-state index contributed by atoms with van der Waals surface area (Å²) in [5, 5.41) is 8.31. The van der Waals surface area contributed by atoms with Gasteiger partial charge in [-0.3, -0.25) is 9.59 Å². The minimum atomic E-state index is -4.40. The minimum absolute atomic E-state index is 0.0664. The highest BCUT2D eigenvalue weighted by atomic mass is 19.4. The van der Waals surface area contributed by atoms with Crippen LogP contribution in [0.25, 0.3) is 11.3 Å². The molecule has 0 aliphatic carbocycles. The molecule has 2 aromatic heterocycles. The first-order chi connectivity index (χ1) is 15.7. The first kappa shape index (κ1) is 22.5. The molecule has 3 heterocycles. The molecule has 4 rings (SSSR count). The van der Waals surface area contributed by atoms with E-state index < -0.39 is 17.8 Å². The maximum absolute atomic E-state index is 12.8. The smallest absolute Gasteiger partial charge is 0.369 e. The monoisotopic (exact) mass is 459 g/mol. The molecule has 1 aromatic carbocycles. The lowest BCUT2D eigenvalue weighted by Gasteiger charge is -2.19. The molecule has 0 saturated carbocycles. The number of likely N-dealkylation sites (tertiary alicyclic amines) is 1. The lowest BCUT2D eigenvalue weighted by atomic mass is 10.1. The number of rotatable bonds is 6. The Hall–Kier alpha value is -3.73. The SMILES string of the molecule is C=CC(=O)N1C[C@@H](n2cc(-c3ccc(=O)[nH]c3)nn2)[C@H](OCc2ccc(C(F)(F)F)cc2)C1. The molecule has 1 saturated heterocycles. The van der Waals surface area contributed by atoms with E-state index in [1.54, 1.807) is 21.8 Å². The number of carbonyl (C=O) groups is 1. The van der Waals surface area contributed by atoms with Gasteiger partial charge in [0, 0.05) is 30.9 Å². The number of H-pyrrole nitrogens is 1. The first-order valence-electron chi connectivity index (χ1n) is 10.0. The van der Waals surface area contributed by atoms with Crippen molar-refractivity contribution in [3.63, 3.8) is 0 Å². The fourth-order valence-corrected chi connectivity index (χ4v) is 3.62. The van der Waals surface area contributed by atoms with Gasteiger partial charge in [-0.1, -0.05) is 23.9 Å². The highest BCUT2D eigenvalue weighted by Crippen LogP contribution is 2.30. The van der Waals surface area contributed by atoms with E-state index in [2.05, 4.69) is 21.9 Å². The number of aromatic nitrogens is 4. The zero-order valence-corrected chi connectivity index (χ0v) is 17.3. The second-order valence-corrected chi connectivity index (χ2v) is 7.58. The molecule has 8 nitrogen and oxygen atoms in total. The summed E-state index contributed by atoms with van der Waals surface area (Å²) in [6.45, 7) is 4.15. The molecule has 0 radical (unpaired) electrons. The Morgan fingerprint density at radius 3 is 2.61 bits per heavy atom. The summed E-state index contributed by atoms with van der Waals surface area (Å²) in [5.74, 6) is -0.262. The van der Waals surface area contributed by atoms with E-state index >= 15 is 0 Å². The molecule has 172 valence electrons. The van der Waals surface area contributed by atoms with Crippen molar-refractivity contribution in [3.05, 3.63) is 82.9 Å². The van der Waals surface area contributed by atoms with Crippen LogP contribution >= 0.6 is 0 Å². The molecule has 2 atom stereocenters. The molecule has 33 heavy (non-hydrogen) atoms. The van der Waals surface area contributed by atoms with Crippen molar-refractivity contribution in [2.24, 2.45) is 0 Å². The Morgan fingerprint density at radius 2 is 1.97 bits per heavy atom. The molecule has 0 unspecified atom stereocenters. The van der Waals surface area contributed by atoms with Crippen molar-refractivity contribution >= 4 is 5.91 Å². The molecule has 1 fully saturated rings. The number of alkyl halides is 3. The Balaban J connectivity index is 1.51. The lowest BCUT2D eigenvalue weighted by molar-refractivity contribution is -0.137. The van der Waals surface area contributed by atoms with E-state index in [9.17, 15) is 22.8 Å². The highest BCUT2D eigenvalue weighted by Gasteiger charge is 2.37. The van der Waals surface area contributed by atoms with Gasteiger partial charge >= 0.3 is 6.18 Å². The van der Waals surface area contributed by atoms with Crippen molar-refractivity contribution in [1.29, 1.82) is 0 Å². The summed E-state index contributed by atoms with van der Waals surface area (Å²) >= 11 is 0. The van der Waals surface area contributed by atoms with Gasteiger partial charge in [0.2, 0.25) is 11.5 Å². The number of carbonyl (C=O) groups excluding carboxylic acids is 1. The highest BCUT2D eigenvalue weighted by molar-refractivity contribution is 5.87. The van der Waals surface area contributed by atoms with Crippen LogP contribution in [0.5, 0.6) is 0 Å². The second kappa shape index (κ2) is 9.02. The normalized spacial score (nSPS) is 18.5. The number of hydrogen-bond donors (Lipinski definition) is 1. The van der Waals surface area contributed by atoms with Gasteiger partial charge in [-0.15, -0.1) is 5.10 Å². The van der Waals surface area contributed by atoms with Gasteiger partial charge in [0.05, 0.1) is 30.5 Å². The van der Waals surface area contributed by atoms with E-state index in [4.69, 9.17) is 4.74 Å². The molecule has 1 aliphatic heterocycles. The minimum Gasteiger partial charge on any atom is -0.369 e. The average Bonchev–Trinajstić information content (AvgIpc) is 3.45. The van der Waals surface area contributed by atoms with Crippen molar-refractivity contribution in [3.8, 4) is 11.3 Å². The topological polar surface area (TPSA) is 93.1 Å². The van der Waals surface area contributed by atoms with Crippen LogP contribution in [-0.2, 0) is 22.3 Å². The fraction of sp³-hybridized carbons (Fsp3) is 0.273. The molecule has 3 aromatic rings. The Kier molecular flexibility index (Phi) is 6.14. The van der Waals surface area contributed by atoms with Crippen LogP contribution in [0.3, 0.4) is 0 Å². The predicted octanol–water partition coefficient (Wildman–Crippen LogP) is 2.81. The van der Waals surface area contributed by atoms with Crippen LogP contribution in [0.15, 0.2) is 66.2 Å². The van der Waals surface area contributed by atoms with Gasteiger partial charge in [0.15, 0.2) is 0 Å². The zero-order chi connectivity index (χ0) is 23.6. The number of nitrogens with zero attached hydrogens (tertiary/aromatic N) is 4. The lowest BCUT2D eigenvalue weighted by Crippen LogP contribution is -2.28. The molecular formula is C22H20F3N5O3. The van der Waals surface area contributed by atoms with Gasteiger partial charge in [0.1, 0.15) is 5.69 Å². The number of aromatic amines is 1. The van der Waals surface area contributed by atoms with E-state index in [1.807, 2.05) is 0 Å². The zero-order valence-electron chi connectivity index (χ0n) is 17.3. The van der Waals surface area contributed by atoms with Gasteiger partial charge < -0.3 is 14.6 Å². The molecule has 0 bridgehead atoms. The van der Waals surface area contributed by atoms with Crippen molar-refractivity contribution in [2.45, 2.75) is 24.9 Å². The molecular weight excluding hydrogens is 439 g/mol. The summed E-state index contributed by atoms with van der Waals surface area (Å²) < 4.78 is 45.9. The van der Waals surface area contributed by atoms with Crippen LogP contribution < -0.4 is 5.56 Å². The Labute approximate surface area is 186 Å². The number of ether oxygens (including phenoxy) is 1. The number of pyridine rings is 1. The Bertz CT molecular complexity index is 1180. The van der Waals surface area contributed by atoms with Crippen LogP contribution in [0.1, 0.15) is 17.2 Å². The van der Waals surface area contributed by atoms with E-state index in [1.165, 1.54) is 30.5 Å². The summed E-state index contributed by atoms with van der Waals surface area (Å²) in [6, 6.07) is 7.37. The maximum Gasteiger partial charge on any atom is 0.416 e. The molecule has 0 spiro atoms. The fourth-order valence-electron chi connectivity index (χ4n) is 3.62. The van der Waals surface area contributed by atoms with Gasteiger partial charge in [-0.2, -0.15) is 13.2 Å². The standard InChI is InChI=1S/C22H20F3N5O3/c1-2-21(32)29-11-18(30-10-17(27-28-30)15-5-8-20(31)26-9-15)19(12-29)33-13-14-3-6-16(7-4-14)22(23,24)25/h2-10,18-19H,1,11-13H2,(H,26,31)/t18-,19-/m1/s1. The van der Waals surface area contributed by atoms with Crippen molar-refractivity contribution < 1.29 is 22.7 Å². The number of nitrogens with one attached hydrogen (secondary N) is 1. The van der Waals surface area contributed by atoms with Crippen LogP contribution in [0.4, 0.5) is 13.2 Å².